The van der Waals surface area contributed by atoms with Crippen molar-refractivity contribution in [3.63, 3.8) is 0 Å². The first-order chi connectivity index (χ1) is 10.1. The predicted octanol–water partition coefficient (Wildman–Crippen LogP) is 2.94. The molecule has 4 nitrogen and oxygen atoms in total. The summed E-state index contributed by atoms with van der Waals surface area (Å²) >= 11 is 0. The van der Waals surface area contributed by atoms with Gasteiger partial charge < -0.3 is 15.5 Å². The number of aliphatic imine (C=N–C) groups is 1. The Morgan fingerprint density at radius 3 is 2.32 bits per heavy atom. The topological polar surface area (TPSA) is 39.7 Å². The second-order valence-corrected chi connectivity index (χ2v) is 7.28. The fourth-order valence-electron chi connectivity index (χ4n) is 3.48. The third-order valence-corrected chi connectivity index (χ3v) is 4.62. The highest BCUT2D eigenvalue weighted by Gasteiger charge is 2.33. The number of guanidine groups is 1. The number of halogens is 1. The molecule has 0 radical (unpaired) electrons. The van der Waals surface area contributed by atoms with Gasteiger partial charge in [0.1, 0.15) is 0 Å². The van der Waals surface area contributed by atoms with E-state index in [1.54, 1.807) is 0 Å². The second-order valence-electron chi connectivity index (χ2n) is 7.28. The fourth-order valence-corrected chi connectivity index (χ4v) is 3.48. The number of piperidine rings is 1. The Kier molecular flexibility index (Phi) is 9.05. The zero-order chi connectivity index (χ0) is 15.2. The van der Waals surface area contributed by atoms with Crippen LogP contribution < -0.4 is 10.6 Å². The van der Waals surface area contributed by atoms with Gasteiger partial charge in [-0.2, -0.15) is 0 Å². The van der Waals surface area contributed by atoms with E-state index in [0.29, 0.717) is 6.04 Å². The van der Waals surface area contributed by atoms with Crippen LogP contribution in [0.3, 0.4) is 0 Å². The van der Waals surface area contributed by atoms with Crippen LogP contribution in [0.15, 0.2) is 4.99 Å². The Hall–Kier alpha value is -0.0400. The van der Waals surface area contributed by atoms with E-state index in [9.17, 15) is 0 Å². The molecule has 0 aromatic carbocycles. The largest absolute Gasteiger partial charge is 0.357 e. The van der Waals surface area contributed by atoms with Crippen molar-refractivity contribution >= 4 is 29.9 Å². The van der Waals surface area contributed by atoms with Crippen LogP contribution in [-0.4, -0.2) is 49.6 Å². The predicted molar refractivity (Wildman–Crippen MR) is 106 cm³/mol. The van der Waals surface area contributed by atoms with Crippen LogP contribution in [0.5, 0.6) is 0 Å². The lowest BCUT2D eigenvalue weighted by molar-refractivity contribution is 0.140. The Balaban J connectivity index is 0.00000242. The van der Waals surface area contributed by atoms with Crippen molar-refractivity contribution < 1.29 is 0 Å². The van der Waals surface area contributed by atoms with E-state index in [-0.39, 0.29) is 24.0 Å². The van der Waals surface area contributed by atoms with Gasteiger partial charge in [-0.15, -0.1) is 24.0 Å². The lowest BCUT2D eigenvalue weighted by Gasteiger charge is -2.34. The van der Waals surface area contributed by atoms with Crippen LogP contribution >= 0.6 is 24.0 Å². The van der Waals surface area contributed by atoms with Gasteiger partial charge in [0.15, 0.2) is 5.96 Å². The average Bonchev–Trinajstić information content (AvgIpc) is 3.09. The minimum atomic E-state index is 0. The summed E-state index contributed by atoms with van der Waals surface area (Å²) in [5.74, 6) is 3.53. The molecule has 2 aliphatic rings. The summed E-state index contributed by atoms with van der Waals surface area (Å²) in [7, 11) is 0. The van der Waals surface area contributed by atoms with Crippen molar-refractivity contribution in [2.45, 2.75) is 53.0 Å². The molecule has 2 rings (SSSR count). The lowest BCUT2D eigenvalue weighted by atomic mass is 9.92. The van der Waals surface area contributed by atoms with Crippen LogP contribution in [0.4, 0.5) is 0 Å². The van der Waals surface area contributed by atoms with Crippen molar-refractivity contribution in [2.75, 3.05) is 32.7 Å². The molecule has 4 atom stereocenters. The summed E-state index contributed by atoms with van der Waals surface area (Å²) in [6.07, 6.45) is 3.84. The number of hydrogen-bond acceptors (Lipinski definition) is 2. The maximum Gasteiger partial charge on any atom is 0.191 e. The molecule has 4 unspecified atom stereocenters. The SMILES string of the molecule is CCNC(=NCCCN1CC(C)CC(C)C1)NC1CC1C.I. The van der Waals surface area contributed by atoms with Gasteiger partial charge in [-0.25, -0.2) is 0 Å². The molecule has 2 N–H and O–H groups in total. The Morgan fingerprint density at radius 2 is 1.77 bits per heavy atom. The number of nitrogens with zero attached hydrogens (tertiary/aromatic N) is 2. The summed E-state index contributed by atoms with van der Waals surface area (Å²) in [6.45, 7) is 14.8. The standard InChI is InChI=1S/C17H34N4.HI/c1-5-18-17(20-16-10-15(16)4)19-7-6-8-21-11-13(2)9-14(3)12-21;/h13-16H,5-12H2,1-4H3,(H2,18,19,20);1H. The van der Waals surface area contributed by atoms with Gasteiger partial charge in [0.05, 0.1) is 0 Å². The van der Waals surface area contributed by atoms with Gasteiger partial charge in [0.25, 0.3) is 0 Å². The molecule has 1 aliphatic heterocycles. The van der Waals surface area contributed by atoms with Gasteiger partial charge in [-0.3, -0.25) is 4.99 Å². The Labute approximate surface area is 153 Å². The van der Waals surface area contributed by atoms with Crippen LogP contribution in [0.2, 0.25) is 0 Å². The minimum Gasteiger partial charge on any atom is -0.357 e. The number of rotatable bonds is 6. The van der Waals surface area contributed by atoms with Crippen molar-refractivity contribution in [3.8, 4) is 0 Å². The normalized spacial score (nSPS) is 32.3. The van der Waals surface area contributed by atoms with Crippen LogP contribution in [0.1, 0.15) is 47.0 Å². The lowest BCUT2D eigenvalue weighted by Crippen LogP contribution is -2.40. The molecule has 1 aliphatic carbocycles. The van der Waals surface area contributed by atoms with Crippen LogP contribution in [0, 0.1) is 17.8 Å². The van der Waals surface area contributed by atoms with Crippen LogP contribution in [0.25, 0.3) is 0 Å². The van der Waals surface area contributed by atoms with E-state index in [1.165, 1.54) is 32.5 Å². The van der Waals surface area contributed by atoms with E-state index >= 15 is 0 Å². The van der Waals surface area contributed by atoms with Crippen molar-refractivity contribution in [1.82, 2.24) is 15.5 Å². The molecule has 1 saturated carbocycles. The highest BCUT2D eigenvalue weighted by Crippen LogP contribution is 2.28. The molecule has 2 fully saturated rings. The van der Waals surface area contributed by atoms with Gasteiger partial charge >= 0.3 is 0 Å². The molecule has 0 amide bonds. The van der Waals surface area contributed by atoms with Gasteiger partial charge in [0, 0.05) is 32.2 Å². The zero-order valence-corrected chi connectivity index (χ0v) is 17.1. The summed E-state index contributed by atoms with van der Waals surface area (Å²) in [5, 5.41) is 6.87. The van der Waals surface area contributed by atoms with Crippen LogP contribution in [-0.2, 0) is 0 Å². The first-order valence-electron chi connectivity index (χ1n) is 8.85. The first-order valence-corrected chi connectivity index (χ1v) is 8.85. The first kappa shape index (κ1) is 20.0. The number of nitrogens with one attached hydrogen (secondary N) is 2. The van der Waals surface area contributed by atoms with E-state index in [0.717, 1.165) is 43.2 Å². The summed E-state index contributed by atoms with van der Waals surface area (Å²) in [5.41, 5.74) is 0. The van der Waals surface area contributed by atoms with Gasteiger partial charge in [-0.1, -0.05) is 20.8 Å². The maximum absolute atomic E-state index is 4.72. The van der Waals surface area contributed by atoms with Crippen molar-refractivity contribution in [2.24, 2.45) is 22.7 Å². The molecule has 130 valence electrons. The molecular weight excluding hydrogens is 387 g/mol. The second kappa shape index (κ2) is 9.96. The quantitative estimate of drug-likeness (QED) is 0.299. The number of likely N-dealkylation sites (tertiary alicyclic amines) is 1. The average molecular weight is 422 g/mol. The third-order valence-electron chi connectivity index (χ3n) is 4.62. The Bertz CT molecular complexity index is 338. The molecule has 0 aromatic rings. The molecule has 1 saturated heterocycles. The zero-order valence-electron chi connectivity index (χ0n) is 14.8. The Morgan fingerprint density at radius 1 is 1.14 bits per heavy atom. The monoisotopic (exact) mass is 422 g/mol. The van der Waals surface area contributed by atoms with E-state index in [4.69, 9.17) is 4.99 Å². The highest BCUT2D eigenvalue weighted by atomic mass is 127. The van der Waals surface area contributed by atoms with Crippen molar-refractivity contribution in [1.29, 1.82) is 0 Å². The molecule has 22 heavy (non-hydrogen) atoms. The summed E-state index contributed by atoms with van der Waals surface area (Å²) in [4.78, 5) is 7.34. The molecule has 0 bridgehead atoms. The fraction of sp³-hybridized carbons (Fsp3) is 0.941. The highest BCUT2D eigenvalue weighted by molar-refractivity contribution is 14.0. The number of hydrogen-bond donors (Lipinski definition) is 2. The van der Waals surface area contributed by atoms with Gasteiger partial charge in [-0.05, 0) is 50.5 Å². The van der Waals surface area contributed by atoms with Crippen molar-refractivity contribution in [3.05, 3.63) is 0 Å². The molecule has 5 heteroatoms. The van der Waals surface area contributed by atoms with E-state index in [1.807, 2.05) is 0 Å². The molecule has 1 heterocycles. The van der Waals surface area contributed by atoms with E-state index < -0.39 is 0 Å². The molecule has 0 aromatic heterocycles. The minimum absolute atomic E-state index is 0. The van der Waals surface area contributed by atoms with E-state index in [2.05, 4.69) is 43.2 Å². The molecular formula is C17H35IN4. The molecule has 0 spiro atoms. The maximum atomic E-state index is 4.72. The van der Waals surface area contributed by atoms with Gasteiger partial charge in [0.2, 0.25) is 0 Å². The summed E-state index contributed by atoms with van der Waals surface area (Å²) in [6, 6.07) is 0.645. The third kappa shape index (κ3) is 7.02. The summed E-state index contributed by atoms with van der Waals surface area (Å²) < 4.78 is 0. The smallest absolute Gasteiger partial charge is 0.191 e.